The van der Waals surface area contributed by atoms with Crippen LogP contribution in [0.2, 0.25) is 0 Å². The topological polar surface area (TPSA) is 79.2 Å². The Bertz CT molecular complexity index is 625. The zero-order valence-electron chi connectivity index (χ0n) is 15.6. The minimum absolute atomic E-state index is 0.0600. The molecule has 0 heterocycles. The number of hydrogen-bond donors (Lipinski definition) is 3. The number of rotatable bonds is 10. The zero-order valence-corrected chi connectivity index (χ0v) is 17.2. The quantitative estimate of drug-likeness (QED) is 0.497. The van der Waals surface area contributed by atoms with Crippen molar-refractivity contribution >= 4 is 15.9 Å². The summed E-state index contributed by atoms with van der Waals surface area (Å²) in [5.41, 5.74) is 2.05. The molecule has 0 saturated heterocycles. The maximum Gasteiger partial charge on any atom is 0.119 e. The molecule has 0 radical (unpaired) electrons. The molecule has 0 aromatic heterocycles. The van der Waals surface area contributed by atoms with Gasteiger partial charge >= 0.3 is 0 Å². The first-order chi connectivity index (χ1) is 12.9. The lowest BCUT2D eigenvalue weighted by Crippen LogP contribution is -2.21. The van der Waals surface area contributed by atoms with Crippen LogP contribution in [0.15, 0.2) is 48.5 Å². The highest BCUT2D eigenvalue weighted by molar-refractivity contribution is 9.09. The van der Waals surface area contributed by atoms with Gasteiger partial charge in [-0.25, -0.2) is 0 Å². The van der Waals surface area contributed by atoms with Crippen LogP contribution in [0.3, 0.4) is 0 Å². The van der Waals surface area contributed by atoms with Crippen molar-refractivity contribution in [3.05, 3.63) is 59.7 Å². The highest BCUT2D eigenvalue weighted by Crippen LogP contribution is 2.33. The summed E-state index contributed by atoms with van der Waals surface area (Å²) >= 11 is 3.21. The van der Waals surface area contributed by atoms with Crippen LogP contribution >= 0.6 is 15.9 Å². The van der Waals surface area contributed by atoms with Gasteiger partial charge in [-0.2, -0.15) is 0 Å². The Morgan fingerprint density at radius 2 is 1.22 bits per heavy atom. The molecular weight excluding hydrogens is 412 g/mol. The van der Waals surface area contributed by atoms with Crippen molar-refractivity contribution < 1.29 is 24.8 Å². The molecule has 2 atom stereocenters. The second-order valence-electron chi connectivity index (χ2n) is 6.94. The second-order valence-corrected chi connectivity index (χ2v) is 7.59. The van der Waals surface area contributed by atoms with Gasteiger partial charge in [0.05, 0.1) is 12.7 Å². The Hall–Kier alpha value is -1.60. The Morgan fingerprint density at radius 1 is 0.815 bits per heavy atom. The van der Waals surface area contributed by atoms with Crippen molar-refractivity contribution in [2.45, 2.75) is 31.5 Å². The molecule has 3 N–H and O–H groups in total. The minimum atomic E-state index is -0.877. The van der Waals surface area contributed by atoms with E-state index in [2.05, 4.69) is 29.8 Å². The molecule has 0 aliphatic rings. The maximum atomic E-state index is 9.55. The number of alkyl halides is 1. The van der Waals surface area contributed by atoms with Gasteiger partial charge in [0.1, 0.15) is 30.8 Å². The lowest BCUT2D eigenvalue weighted by Gasteiger charge is -2.26. The van der Waals surface area contributed by atoms with E-state index in [-0.39, 0.29) is 25.2 Å². The molecule has 6 heteroatoms. The van der Waals surface area contributed by atoms with Gasteiger partial charge < -0.3 is 24.8 Å². The molecule has 27 heavy (non-hydrogen) atoms. The number of aliphatic hydroxyl groups is 3. The molecule has 2 aromatic carbocycles. The van der Waals surface area contributed by atoms with Crippen molar-refractivity contribution in [1.82, 2.24) is 0 Å². The minimum Gasteiger partial charge on any atom is -0.491 e. The van der Waals surface area contributed by atoms with Crippen molar-refractivity contribution in [1.29, 1.82) is 0 Å². The number of benzene rings is 2. The van der Waals surface area contributed by atoms with Gasteiger partial charge in [0.15, 0.2) is 0 Å². The van der Waals surface area contributed by atoms with E-state index in [0.717, 1.165) is 16.9 Å². The molecule has 148 valence electrons. The standard InChI is InChI=1S/C21H27BrO5/c1-21(2,15-3-7-19(8-4-15)26-13-17(24)11-22)16-5-9-20(10-6-16)27-14-18(25)12-23/h3-10,17-18,23-25H,11-14H2,1-2H3. The lowest BCUT2D eigenvalue weighted by atomic mass is 9.78. The van der Waals surface area contributed by atoms with Crippen LogP contribution in [0.1, 0.15) is 25.0 Å². The van der Waals surface area contributed by atoms with Crippen LogP contribution in [-0.2, 0) is 5.41 Å². The third-order valence-corrected chi connectivity index (χ3v) is 5.17. The largest absolute Gasteiger partial charge is 0.491 e. The summed E-state index contributed by atoms with van der Waals surface area (Å²) in [5.74, 6) is 1.37. The van der Waals surface area contributed by atoms with E-state index in [0.29, 0.717) is 11.1 Å². The predicted molar refractivity (Wildman–Crippen MR) is 109 cm³/mol. The number of halogens is 1. The number of hydrogen-bond acceptors (Lipinski definition) is 5. The molecule has 2 aromatic rings. The molecule has 0 aliphatic carbocycles. The smallest absolute Gasteiger partial charge is 0.119 e. The molecule has 2 unspecified atom stereocenters. The summed E-state index contributed by atoms with van der Waals surface area (Å²) in [6, 6.07) is 15.6. The van der Waals surface area contributed by atoms with Gasteiger partial charge in [0.2, 0.25) is 0 Å². The molecule has 0 aliphatic heterocycles. The van der Waals surface area contributed by atoms with E-state index in [1.165, 1.54) is 0 Å². The summed E-state index contributed by atoms with van der Waals surface area (Å²) < 4.78 is 11.0. The molecular formula is C21H27BrO5. The molecule has 0 bridgehead atoms. The second kappa shape index (κ2) is 10.1. The molecule has 0 amide bonds. The van der Waals surface area contributed by atoms with Crippen LogP contribution in [0.5, 0.6) is 11.5 Å². The third kappa shape index (κ3) is 6.21. The van der Waals surface area contributed by atoms with E-state index in [4.69, 9.17) is 14.6 Å². The van der Waals surface area contributed by atoms with Crippen LogP contribution in [0.4, 0.5) is 0 Å². The van der Waals surface area contributed by atoms with Gasteiger partial charge in [0, 0.05) is 10.7 Å². The summed E-state index contributed by atoms with van der Waals surface area (Å²) in [7, 11) is 0. The molecule has 0 fully saturated rings. The van der Waals surface area contributed by atoms with Crippen molar-refractivity contribution in [2.24, 2.45) is 0 Å². The normalized spacial score (nSPS) is 13.9. The molecule has 0 saturated carbocycles. The van der Waals surface area contributed by atoms with Gasteiger partial charge in [-0.15, -0.1) is 0 Å². The van der Waals surface area contributed by atoms with E-state index < -0.39 is 12.2 Å². The highest BCUT2D eigenvalue weighted by Gasteiger charge is 2.23. The van der Waals surface area contributed by atoms with E-state index in [9.17, 15) is 10.2 Å². The van der Waals surface area contributed by atoms with Crippen molar-refractivity contribution in [2.75, 3.05) is 25.2 Å². The monoisotopic (exact) mass is 438 g/mol. The van der Waals surface area contributed by atoms with E-state index in [1.807, 2.05) is 48.5 Å². The molecule has 2 rings (SSSR count). The van der Waals surface area contributed by atoms with Gasteiger partial charge in [0.25, 0.3) is 0 Å². The first kappa shape index (κ1) is 21.7. The van der Waals surface area contributed by atoms with Crippen LogP contribution < -0.4 is 9.47 Å². The summed E-state index contributed by atoms with van der Waals surface area (Å²) in [4.78, 5) is 0. The summed E-state index contributed by atoms with van der Waals surface area (Å²) in [5, 5.41) is 28.2. The number of ether oxygens (including phenoxy) is 2. The fraction of sp³-hybridized carbons (Fsp3) is 0.429. The Morgan fingerprint density at radius 3 is 1.59 bits per heavy atom. The average molecular weight is 439 g/mol. The van der Waals surface area contributed by atoms with Crippen LogP contribution in [0, 0.1) is 0 Å². The number of aliphatic hydroxyl groups excluding tert-OH is 3. The van der Waals surface area contributed by atoms with Crippen LogP contribution in [0.25, 0.3) is 0 Å². The Kier molecular flexibility index (Phi) is 8.10. The third-order valence-electron chi connectivity index (χ3n) is 4.43. The van der Waals surface area contributed by atoms with Gasteiger partial charge in [-0.05, 0) is 35.4 Å². The Labute approximate surface area is 168 Å². The first-order valence-corrected chi connectivity index (χ1v) is 9.98. The Balaban J connectivity index is 2.04. The van der Waals surface area contributed by atoms with Crippen LogP contribution in [-0.4, -0.2) is 52.7 Å². The van der Waals surface area contributed by atoms with Crippen molar-refractivity contribution in [3.63, 3.8) is 0 Å². The zero-order chi connectivity index (χ0) is 19.9. The first-order valence-electron chi connectivity index (χ1n) is 8.86. The fourth-order valence-corrected chi connectivity index (χ4v) is 2.77. The summed E-state index contributed by atoms with van der Waals surface area (Å²) in [6.45, 7) is 4.27. The van der Waals surface area contributed by atoms with E-state index in [1.54, 1.807) is 0 Å². The van der Waals surface area contributed by atoms with Gasteiger partial charge in [-0.3, -0.25) is 0 Å². The van der Waals surface area contributed by atoms with E-state index >= 15 is 0 Å². The predicted octanol–water partition coefficient (Wildman–Crippen LogP) is 2.88. The maximum absolute atomic E-state index is 9.55. The average Bonchev–Trinajstić information content (AvgIpc) is 2.70. The lowest BCUT2D eigenvalue weighted by molar-refractivity contribution is 0.0536. The molecule has 5 nitrogen and oxygen atoms in total. The molecule has 0 spiro atoms. The SMILES string of the molecule is CC(C)(c1ccc(OCC(O)CO)cc1)c1ccc(OCC(O)CBr)cc1. The highest BCUT2D eigenvalue weighted by atomic mass is 79.9. The van der Waals surface area contributed by atoms with Crippen molar-refractivity contribution in [3.8, 4) is 11.5 Å². The summed E-state index contributed by atoms with van der Waals surface area (Å²) in [6.07, 6.45) is -1.40. The fourth-order valence-electron chi connectivity index (χ4n) is 2.58. The van der Waals surface area contributed by atoms with Gasteiger partial charge in [-0.1, -0.05) is 54.0 Å².